The molecule has 1 aromatic rings. The fraction of sp³-hybridized carbons (Fsp3) is 0.500. The summed E-state index contributed by atoms with van der Waals surface area (Å²) < 4.78 is 5.69. The van der Waals surface area contributed by atoms with Crippen LogP contribution in [0, 0.1) is 0 Å². The number of piperidine rings is 1. The molecule has 1 saturated heterocycles. The van der Waals surface area contributed by atoms with Crippen LogP contribution < -0.4 is 4.74 Å². The molecule has 5 heteroatoms. The van der Waals surface area contributed by atoms with E-state index in [-0.39, 0.29) is 12.0 Å². The van der Waals surface area contributed by atoms with Crippen LogP contribution in [0.5, 0.6) is 5.75 Å². The largest absolute Gasteiger partial charge is 0.480 e. The van der Waals surface area contributed by atoms with Gasteiger partial charge in [0.15, 0.2) is 6.10 Å². The molecule has 4 nitrogen and oxygen atoms in total. The highest BCUT2D eigenvalue weighted by Gasteiger charge is 2.33. The fourth-order valence-electron chi connectivity index (χ4n) is 2.64. The molecule has 2 heterocycles. The molecule has 1 unspecified atom stereocenters. The first-order valence-corrected chi connectivity index (χ1v) is 6.93. The van der Waals surface area contributed by atoms with Crippen LogP contribution in [-0.2, 0) is 11.2 Å². The number of likely N-dealkylation sites (tertiary alicyclic amines) is 1. The molecule has 2 aliphatic heterocycles. The molecule has 0 radical (unpaired) electrons. The number of halogens is 1. The molecule has 0 bridgehead atoms. The van der Waals surface area contributed by atoms with Crippen LogP contribution in [0.4, 0.5) is 0 Å². The number of benzene rings is 1. The van der Waals surface area contributed by atoms with Gasteiger partial charge in [-0.1, -0.05) is 11.6 Å². The van der Waals surface area contributed by atoms with E-state index in [1.165, 1.54) is 0 Å². The van der Waals surface area contributed by atoms with Crippen LogP contribution in [0.25, 0.3) is 0 Å². The number of aliphatic hydroxyl groups is 1. The third-order valence-corrected chi connectivity index (χ3v) is 3.98. The van der Waals surface area contributed by atoms with Crippen LogP contribution in [-0.4, -0.2) is 41.2 Å². The third kappa shape index (κ3) is 2.55. The van der Waals surface area contributed by atoms with E-state index < -0.39 is 6.10 Å². The van der Waals surface area contributed by atoms with Gasteiger partial charge in [-0.15, -0.1) is 0 Å². The van der Waals surface area contributed by atoms with Gasteiger partial charge in [0.2, 0.25) is 0 Å². The number of fused-ring (bicyclic) bond motifs is 1. The van der Waals surface area contributed by atoms with Crippen LogP contribution >= 0.6 is 11.6 Å². The van der Waals surface area contributed by atoms with Gasteiger partial charge in [0.05, 0.1) is 6.10 Å². The van der Waals surface area contributed by atoms with Crippen LogP contribution in [0.3, 0.4) is 0 Å². The van der Waals surface area contributed by atoms with Gasteiger partial charge < -0.3 is 14.7 Å². The first-order chi connectivity index (χ1) is 9.13. The van der Waals surface area contributed by atoms with Crippen molar-refractivity contribution in [2.45, 2.75) is 31.5 Å². The van der Waals surface area contributed by atoms with Crippen molar-refractivity contribution in [1.82, 2.24) is 4.90 Å². The number of amides is 1. The number of ether oxygens (including phenoxy) is 1. The van der Waals surface area contributed by atoms with Crippen molar-refractivity contribution in [1.29, 1.82) is 0 Å². The van der Waals surface area contributed by atoms with Gasteiger partial charge in [-0.3, -0.25) is 4.79 Å². The van der Waals surface area contributed by atoms with Gasteiger partial charge in [0.1, 0.15) is 5.75 Å². The summed E-state index contributed by atoms with van der Waals surface area (Å²) >= 11 is 5.94. The fourth-order valence-corrected chi connectivity index (χ4v) is 2.84. The standard InChI is InChI=1S/C14H16ClNO3/c15-10-1-2-12-9(7-10)8-13(19-12)14(18)16-5-3-11(17)4-6-16/h1-2,7,11,13,17H,3-6,8H2. The summed E-state index contributed by atoms with van der Waals surface area (Å²) in [6, 6.07) is 5.43. The number of nitrogens with zero attached hydrogens (tertiary/aromatic N) is 1. The smallest absolute Gasteiger partial charge is 0.263 e. The minimum atomic E-state index is -0.441. The lowest BCUT2D eigenvalue weighted by Crippen LogP contribution is -2.46. The Morgan fingerprint density at radius 1 is 1.37 bits per heavy atom. The van der Waals surface area contributed by atoms with Crippen molar-refractivity contribution in [2.24, 2.45) is 0 Å². The Bertz CT molecular complexity index is 497. The van der Waals surface area contributed by atoms with Gasteiger partial charge in [-0.2, -0.15) is 0 Å². The molecule has 0 saturated carbocycles. The zero-order valence-corrected chi connectivity index (χ0v) is 11.3. The third-order valence-electron chi connectivity index (χ3n) is 3.75. The molecule has 19 heavy (non-hydrogen) atoms. The summed E-state index contributed by atoms with van der Waals surface area (Å²) in [4.78, 5) is 14.1. The highest BCUT2D eigenvalue weighted by atomic mass is 35.5. The molecule has 0 spiro atoms. The monoisotopic (exact) mass is 281 g/mol. The van der Waals surface area contributed by atoms with Crippen molar-refractivity contribution < 1.29 is 14.6 Å². The quantitative estimate of drug-likeness (QED) is 0.851. The van der Waals surface area contributed by atoms with Crippen molar-refractivity contribution in [3.63, 3.8) is 0 Å². The van der Waals surface area contributed by atoms with Gasteiger partial charge in [0.25, 0.3) is 5.91 Å². The van der Waals surface area contributed by atoms with Crippen LogP contribution in [0.2, 0.25) is 5.02 Å². The minimum absolute atomic E-state index is 0.0132. The van der Waals surface area contributed by atoms with Gasteiger partial charge >= 0.3 is 0 Å². The lowest BCUT2D eigenvalue weighted by molar-refractivity contribution is -0.139. The van der Waals surface area contributed by atoms with Crippen molar-refractivity contribution in [3.05, 3.63) is 28.8 Å². The Balaban J connectivity index is 1.67. The predicted octanol–water partition coefficient (Wildman–Crippen LogP) is 1.63. The molecule has 1 N–H and O–H groups in total. The second kappa shape index (κ2) is 5.02. The molecule has 102 valence electrons. The minimum Gasteiger partial charge on any atom is -0.480 e. The first kappa shape index (κ1) is 12.8. The average Bonchev–Trinajstić information content (AvgIpc) is 2.81. The second-order valence-corrected chi connectivity index (χ2v) is 5.56. The maximum atomic E-state index is 12.3. The normalized spacial score (nSPS) is 23.1. The summed E-state index contributed by atoms with van der Waals surface area (Å²) in [6.07, 6.45) is 1.16. The summed E-state index contributed by atoms with van der Waals surface area (Å²) in [5, 5.41) is 10.1. The molecule has 1 aromatic carbocycles. The second-order valence-electron chi connectivity index (χ2n) is 5.12. The number of aliphatic hydroxyl groups excluding tert-OH is 1. The Hall–Kier alpha value is -1.26. The Labute approximate surface area is 116 Å². The highest BCUT2D eigenvalue weighted by Crippen LogP contribution is 2.32. The Morgan fingerprint density at radius 3 is 2.84 bits per heavy atom. The summed E-state index contributed by atoms with van der Waals surface area (Å²) in [7, 11) is 0. The SMILES string of the molecule is O=C(C1Cc2cc(Cl)ccc2O1)N1CCC(O)CC1. The van der Waals surface area contributed by atoms with E-state index in [4.69, 9.17) is 16.3 Å². The average molecular weight is 282 g/mol. The molecular formula is C14H16ClNO3. The van der Waals surface area contributed by atoms with Crippen molar-refractivity contribution in [2.75, 3.05) is 13.1 Å². The predicted molar refractivity (Wildman–Crippen MR) is 71.4 cm³/mol. The lowest BCUT2D eigenvalue weighted by Gasteiger charge is -2.31. The van der Waals surface area contributed by atoms with E-state index in [0.29, 0.717) is 37.4 Å². The summed E-state index contributed by atoms with van der Waals surface area (Å²) in [5.74, 6) is 0.763. The summed E-state index contributed by atoms with van der Waals surface area (Å²) in [6.45, 7) is 1.22. The Kier molecular flexibility index (Phi) is 3.37. The van der Waals surface area contributed by atoms with E-state index in [2.05, 4.69) is 0 Å². The van der Waals surface area contributed by atoms with E-state index in [1.54, 1.807) is 11.0 Å². The maximum Gasteiger partial charge on any atom is 0.263 e. The Morgan fingerprint density at radius 2 is 2.11 bits per heavy atom. The number of rotatable bonds is 1. The van der Waals surface area contributed by atoms with Gasteiger partial charge in [-0.25, -0.2) is 0 Å². The molecule has 1 atom stereocenters. The molecule has 0 aromatic heterocycles. The van der Waals surface area contributed by atoms with Crippen LogP contribution in [0.1, 0.15) is 18.4 Å². The molecule has 1 amide bonds. The van der Waals surface area contributed by atoms with E-state index in [9.17, 15) is 9.90 Å². The highest BCUT2D eigenvalue weighted by molar-refractivity contribution is 6.30. The van der Waals surface area contributed by atoms with Crippen molar-refractivity contribution >= 4 is 17.5 Å². The van der Waals surface area contributed by atoms with E-state index >= 15 is 0 Å². The van der Waals surface area contributed by atoms with E-state index in [1.807, 2.05) is 12.1 Å². The van der Waals surface area contributed by atoms with E-state index in [0.717, 1.165) is 11.3 Å². The van der Waals surface area contributed by atoms with Crippen molar-refractivity contribution in [3.8, 4) is 5.75 Å². The number of carbonyl (C=O) groups is 1. The lowest BCUT2D eigenvalue weighted by atomic mass is 10.1. The molecule has 3 rings (SSSR count). The number of hydrogen-bond acceptors (Lipinski definition) is 3. The number of carbonyl (C=O) groups excluding carboxylic acids is 1. The first-order valence-electron chi connectivity index (χ1n) is 6.55. The zero-order chi connectivity index (χ0) is 13.4. The maximum absolute atomic E-state index is 12.3. The molecular weight excluding hydrogens is 266 g/mol. The zero-order valence-electron chi connectivity index (χ0n) is 10.5. The van der Waals surface area contributed by atoms with Gasteiger partial charge in [0, 0.05) is 24.5 Å². The number of hydrogen-bond donors (Lipinski definition) is 1. The molecule has 0 aliphatic carbocycles. The van der Waals surface area contributed by atoms with Crippen LogP contribution in [0.15, 0.2) is 18.2 Å². The summed E-state index contributed by atoms with van der Waals surface area (Å²) in [5.41, 5.74) is 0.989. The molecule has 1 fully saturated rings. The molecule has 2 aliphatic rings. The topological polar surface area (TPSA) is 49.8 Å². The van der Waals surface area contributed by atoms with Gasteiger partial charge in [-0.05, 0) is 36.6 Å².